The van der Waals surface area contributed by atoms with Gasteiger partial charge in [0.1, 0.15) is 11.3 Å². The molecule has 0 saturated heterocycles. The van der Waals surface area contributed by atoms with Crippen LogP contribution in [0.1, 0.15) is 25.7 Å². The molecule has 0 aliphatic heterocycles. The van der Waals surface area contributed by atoms with Crippen LogP contribution < -0.4 is 0 Å². The van der Waals surface area contributed by atoms with Gasteiger partial charge in [-0.2, -0.15) is 0 Å². The van der Waals surface area contributed by atoms with Crippen LogP contribution in [-0.2, 0) is 28.5 Å². The fraction of sp³-hybridized carbons (Fsp3) is 0.867. The third-order valence-corrected chi connectivity index (χ3v) is 5.38. The first-order valence-corrected chi connectivity index (χ1v) is 7.39. The Morgan fingerprint density at radius 3 is 2.23 bits per heavy atom. The Balaban J connectivity index is 2.63. The molecule has 7 nitrogen and oxygen atoms in total. The van der Waals surface area contributed by atoms with E-state index in [1.54, 1.807) is 0 Å². The lowest BCUT2D eigenvalue weighted by Gasteiger charge is -2.48. The number of hydrogen-bond acceptors (Lipinski definition) is 7. The number of carbonyl (C=O) groups excluding carboxylic acids is 2. The molecule has 2 aliphatic rings. The molecule has 0 radical (unpaired) electrons. The highest BCUT2D eigenvalue weighted by molar-refractivity contribution is 5.83. The van der Waals surface area contributed by atoms with Gasteiger partial charge in [0.05, 0.1) is 20.3 Å². The predicted octanol–water partition coefficient (Wildman–Crippen LogP) is 0.489. The van der Waals surface area contributed by atoms with E-state index >= 15 is 0 Å². The molecule has 22 heavy (non-hydrogen) atoms. The molecule has 2 aliphatic carbocycles. The van der Waals surface area contributed by atoms with E-state index in [4.69, 9.17) is 18.9 Å². The van der Waals surface area contributed by atoms with E-state index in [0.717, 1.165) is 0 Å². The number of carbonyl (C=O) groups is 2. The summed E-state index contributed by atoms with van der Waals surface area (Å²) in [5.41, 5.74) is -1.22. The molecule has 0 aromatic heterocycles. The van der Waals surface area contributed by atoms with Crippen LogP contribution >= 0.6 is 0 Å². The molecular formula is C15H24O7. The number of aliphatic hydroxyl groups excluding tert-OH is 1. The molecular weight excluding hydrogens is 292 g/mol. The van der Waals surface area contributed by atoms with E-state index in [1.165, 1.54) is 28.4 Å². The number of esters is 2. The van der Waals surface area contributed by atoms with Gasteiger partial charge in [0, 0.05) is 20.1 Å². The van der Waals surface area contributed by atoms with Gasteiger partial charge in [-0.05, 0) is 25.7 Å². The quantitative estimate of drug-likeness (QED) is 0.596. The normalized spacial score (nSPS) is 36.5. The lowest BCUT2D eigenvalue weighted by atomic mass is 9.64. The average molecular weight is 316 g/mol. The summed E-state index contributed by atoms with van der Waals surface area (Å²) < 4.78 is 21.0. The van der Waals surface area contributed by atoms with Gasteiger partial charge in [0.25, 0.3) is 0 Å². The molecule has 2 fully saturated rings. The van der Waals surface area contributed by atoms with Gasteiger partial charge in [-0.1, -0.05) is 0 Å². The second-order valence-corrected chi connectivity index (χ2v) is 5.92. The summed E-state index contributed by atoms with van der Waals surface area (Å²) in [4.78, 5) is 24.9. The van der Waals surface area contributed by atoms with Gasteiger partial charge in [0.15, 0.2) is 5.79 Å². The summed E-state index contributed by atoms with van der Waals surface area (Å²) >= 11 is 0. The van der Waals surface area contributed by atoms with E-state index in [0.29, 0.717) is 19.3 Å². The van der Waals surface area contributed by atoms with Crippen molar-refractivity contribution in [3.63, 3.8) is 0 Å². The van der Waals surface area contributed by atoms with Crippen molar-refractivity contribution in [2.45, 2.75) is 37.6 Å². The summed E-state index contributed by atoms with van der Waals surface area (Å²) in [6.45, 7) is 0. The maximum atomic E-state index is 12.7. The van der Waals surface area contributed by atoms with E-state index < -0.39 is 41.1 Å². The fourth-order valence-corrected chi connectivity index (χ4v) is 4.52. The van der Waals surface area contributed by atoms with Gasteiger partial charge < -0.3 is 24.1 Å². The fourth-order valence-electron chi connectivity index (χ4n) is 4.52. The van der Waals surface area contributed by atoms with Crippen LogP contribution in [0, 0.1) is 17.3 Å². The highest BCUT2D eigenvalue weighted by Crippen LogP contribution is 2.62. The van der Waals surface area contributed by atoms with Crippen molar-refractivity contribution in [3.8, 4) is 0 Å². The number of ether oxygens (including phenoxy) is 4. The molecule has 2 saturated carbocycles. The minimum Gasteiger partial charge on any atom is -0.469 e. The number of methoxy groups -OCH3 is 4. The third kappa shape index (κ3) is 1.99. The summed E-state index contributed by atoms with van der Waals surface area (Å²) in [6.07, 6.45) is 1.16. The Labute approximate surface area is 129 Å². The molecule has 0 bridgehead atoms. The summed E-state index contributed by atoms with van der Waals surface area (Å²) in [6, 6.07) is 0. The Hall–Kier alpha value is -1.18. The second-order valence-electron chi connectivity index (χ2n) is 5.92. The topological polar surface area (TPSA) is 91.3 Å². The largest absolute Gasteiger partial charge is 0.469 e. The zero-order chi connectivity index (χ0) is 16.5. The number of fused-ring (bicyclic) bond motifs is 1. The summed E-state index contributed by atoms with van der Waals surface area (Å²) in [5.74, 6) is -3.82. The third-order valence-electron chi connectivity index (χ3n) is 5.38. The standard InChI is InChI=1S/C15H24O7/c1-19-12(17)10-8-9-11(16)6-5-7-14(9,13(18)20-2)15(10,21-3)22-4/h9-11,16H,5-8H2,1-4H3/t9-,10+,11+,14-/m1/s1. The van der Waals surface area contributed by atoms with Gasteiger partial charge in [-0.15, -0.1) is 0 Å². The van der Waals surface area contributed by atoms with E-state index in [1.807, 2.05) is 0 Å². The monoisotopic (exact) mass is 316 g/mol. The molecule has 1 N–H and O–H groups in total. The Bertz CT molecular complexity index is 445. The average Bonchev–Trinajstić information content (AvgIpc) is 2.86. The second kappa shape index (κ2) is 6.14. The lowest BCUT2D eigenvalue weighted by Crippen LogP contribution is -2.61. The van der Waals surface area contributed by atoms with Crippen LogP contribution in [0.4, 0.5) is 0 Å². The van der Waals surface area contributed by atoms with Crippen molar-refractivity contribution in [2.24, 2.45) is 17.3 Å². The van der Waals surface area contributed by atoms with Crippen LogP contribution in [0.5, 0.6) is 0 Å². The van der Waals surface area contributed by atoms with Crippen LogP contribution in [0.25, 0.3) is 0 Å². The Kier molecular flexibility index (Phi) is 4.79. The zero-order valence-corrected chi connectivity index (χ0v) is 13.5. The van der Waals surface area contributed by atoms with Gasteiger partial charge >= 0.3 is 11.9 Å². The van der Waals surface area contributed by atoms with E-state index in [9.17, 15) is 14.7 Å². The minimum atomic E-state index is -1.50. The van der Waals surface area contributed by atoms with Crippen molar-refractivity contribution in [3.05, 3.63) is 0 Å². The van der Waals surface area contributed by atoms with Crippen LogP contribution in [0.3, 0.4) is 0 Å². The van der Waals surface area contributed by atoms with Crippen LogP contribution in [0.2, 0.25) is 0 Å². The molecule has 0 spiro atoms. The van der Waals surface area contributed by atoms with Crippen molar-refractivity contribution in [1.29, 1.82) is 0 Å². The lowest BCUT2D eigenvalue weighted by molar-refractivity contribution is -0.294. The number of rotatable bonds is 4. The molecule has 7 heteroatoms. The van der Waals surface area contributed by atoms with Gasteiger partial charge in [-0.25, -0.2) is 0 Å². The molecule has 0 aromatic rings. The molecule has 0 unspecified atom stereocenters. The molecule has 0 amide bonds. The summed E-state index contributed by atoms with van der Waals surface area (Å²) in [7, 11) is 5.36. The van der Waals surface area contributed by atoms with Crippen molar-refractivity contribution < 1.29 is 33.6 Å². The molecule has 126 valence electrons. The minimum absolute atomic E-state index is 0.255. The molecule has 4 atom stereocenters. The SMILES string of the molecule is COC(=O)[C@@H]1C[C@@H]2[C@@H](O)CCC[C@@]2(C(=O)OC)C1(OC)OC. The van der Waals surface area contributed by atoms with Crippen LogP contribution in [0.15, 0.2) is 0 Å². The first-order valence-electron chi connectivity index (χ1n) is 7.39. The maximum Gasteiger partial charge on any atom is 0.317 e. The molecule has 2 rings (SSSR count). The van der Waals surface area contributed by atoms with Gasteiger partial charge in [-0.3, -0.25) is 9.59 Å². The number of aliphatic hydroxyl groups is 1. The first-order chi connectivity index (χ1) is 10.4. The molecule has 0 heterocycles. The van der Waals surface area contributed by atoms with Gasteiger partial charge in [0.2, 0.25) is 0 Å². The molecule has 0 aromatic carbocycles. The van der Waals surface area contributed by atoms with Crippen LogP contribution in [-0.4, -0.2) is 57.4 Å². The highest BCUT2D eigenvalue weighted by Gasteiger charge is 2.74. The maximum absolute atomic E-state index is 12.7. The Morgan fingerprint density at radius 2 is 1.73 bits per heavy atom. The van der Waals surface area contributed by atoms with Crippen molar-refractivity contribution in [1.82, 2.24) is 0 Å². The first kappa shape index (κ1) is 17.2. The highest BCUT2D eigenvalue weighted by atomic mass is 16.7. The van der Waals surface area contributed by atoms with Crippen molar-refractivity contribution >= 4 is 11.9 Å². The van der Waals surface area contributed by atoms with E-state index in [2.05, 4.69) is 0 Å². The smallest absolute Gasteiger partial charge is 0.317 e. The van der Waals surface area contributed by atoms with Crippen molar-refractivity contribution in [2.75, 3.05) is 28.4 Å². The summed E-state index contributed by atoms with van der Waals surface area (Å²) in [5, 5.41) is 10.4. The zero-order valence-electron chi connectivity index (χ0n) is 13.5. The number of hydrogen-bond donors (Lipinski definition) is 1. The predicted molar refractivity (Wildman–Crippen MR) is 74.7 cm³/mol. The Morgan fingerprint density at radius 1 is 1.09 bits per heavy atom. The van der Waals surface area contributed by atoms with E-state index in [-0.39, 0.29) is 6.42 Å².